The molecule has 1 atom stereocenters. The highest BCUT2D eigenvalue weighted by atomic mass is 32.2. The minimum atomic E-state index is -3.54. The van der Waals surface area contributed by atoms with E-state index in [0.29, 0.717) is 5.69 Å². The van der Waals surface area contributed by atoms with Crippen molar-refractivity contribution in [1.29, 1.82) is 0 Å². The molecule has 0 spiro atoms. The van der Waals surface area contributed by atoms with Crippen LogP contribution in [-0.4, -0.2) is 38.0 Å². The van der Waals surface area contributed by atoms with Crippen molar-refractivity contribution in [2.75, 3.05) is 19.4 Å². The van der Waals surface area contributed by atoms with E-state index < -0.39 is 10.0 Å². The predicted octanol–water partition coefficient (Wildman–Crippen LogP) is 3.67. The van der Waals surface area contributed by atoms with Gasteiger partial charge in [0.15, 0.2) is 0 Å². The van der Waals surface area contributed by atoms with Crippen LogP contribution in [0.15, 0.2) is 52.3 Å². The Labute approximate surface area is 159 Å². The van der Waals surface area contributed by atoms with Crippen molar-refractivity contribution in [3.8, 4) is 0 Å². The van der Waals surface area contributed by atoms with Gasteiger partial charge in [-0.1, -0.05) is 12.1 Å². The van der Waals surface area contributed by atoms with Crippen LogP contribution in [0.5, 0.6) is 0 Å². The Bertz CT molecular complexity index is 909. The van der Waals surface area contributed by atoms with E-state index in [9.17, 15) is 13.2 Å². The van der Waals surface area contributed by atoms with Gasteiger partial charge >= 0.3 is 0 Å². The number of anilines is 1. The molecular formula is C19H24N2O3S2. The Morgan fingerprint density at radius 2 is 1.77 bits per heavy atom. The third kappa shape index (κ3) is 4.87. The minimum Gasteiger partial charge on any atom is -0.325 e. The van der Waals surface area contributed by atoms with Crippen LogP contribution >= 0.6 is 11.8 Å². The van der Waals surface area contributed by atoms with Gasteiger partial charge in [0, 0.05) is 24.7 Å². The number of hydrogen-bond donors (Lipinski definition) is 1. The summed E-state index contributed by atoms with van der Waals surface area (Å²) >= 11 is 1.47. The normalized spacial score (nSPS) is 12.8. The number of aryl methyl sites for hydroxylation is 2. The highest BCUT2D eigenvalue weighted by Crippen LogP contribution is 2.26. The Kier molecular flexibility index (Phi) is 6.49. The number of nitrogens with one attached hydrogen (secondary N) is 1. The SMILES string of the molecule is Cc1ccc(S[C@H](C)C(=O)Nc2cccc(S(=O)(=O)N(C)C)c2)cc1C. The third-order valence-corrected chi connectivity index (χ3v) is 6.95. The molecule has 2 aromatic carbocycles. The summed E-state index contributed by atoms with van der Waals surface area (Å²) in [4.78, 5) is 13.6. The van der Waals surface area contributed by atoms with Crippen molar-refractivity contribution in [3.63, 3.8) is 0 Å². The molecule has 140 valence electrons. The quantitative estimate of drug-likeness (QED) is 0.762. The number of sulfonamides is 1. The van der Waals surface area contributed by atoms with E-state index >= 15 is 0 Å². The lowest BCUT2D eigenvalue weighted by molar-refractivity contribution is -0.115. The van der Waals surface area contributed by atoms with E-state index in [1.807, 2.05) is 26.0 Å². The van der Waals surface area contributed by atoms with Crippen LogP contribution < -0.4 is 5.32 Å². The van der Waals surface area contributed by atoms with E-state index in [-0.39, 0.29) is 16.1 Å². The second kappa shape index (κ2) is 8.24. The molecule has 2 aromatic rings. The maximum atomic E-state index is 12.5. The second-order valence-electron chi connectivity index (χ2n) is 6.31. The zero-order chi connectivity index (χ0) is 19.5. The fraction of sp³-hybridized carbons (Fsp3) is 0.316. The highest BCUT2D eigenvalue weighted by Gasteiger charge is 2.19. The Morgan fingerprint density at radius 3 is 2.38 bits per heavy atom. The summed E-state index contributed by atoms with van der Waals surface area (Å²) in [5.74, 6) is -0.173. The molecule has 0 aliphatic carbocycles. The third-order valence-electron chi connectivity index (χ3n) is 4.04. The zero-order valence-electron chi connectivity index (χ0n) is 15.6. The molecule has 0 fully saturated rings. The van der Waals surface area contributed by atoms with Crippen molar-refractivity contribution in [2.24, 2.45) is 0 Å². The molecule has 7 heteroatoms. The summed E-state index contributed by atoms with van der Waals surface area (Å²) in [6, 6.07) is 12.4. The molecule has 1 N–H and O–H groups in total. The average Bonchev–Trinajstić information content (AvgIpc) is 2.58. The van der Waals surface area contributed by atoms with Gasteiger partial charge in [-0.05, 0) is 62.2 Å². The Balaban J connectivity index is 2.10. The number of carbonyl (C=O) groups excluding carboxylic acids is 1. The fourth-order valence-corrected chi connectivity index (χ4v) is 4.15. The topological polar surface area (TPSA) is 66.5 Å². The van der Waals surface area contributed by atoms with Gasteiger partial charge in [0.25, 0.3) is 0 Å². The van der Waals surface area contributed by atoms with Crippen LogP contribution in [0.2, 0.25) is 0 Å². The number of benzene rings is 2. The van der Waals surface area contributed by atoms with Crippen LogP contribution in [0.4, 0.5) is 5.69 Å². The van der Waals surface area contributed by atoms with Gasteiger partial charge in [-0.15, -0.1) is 11.8 Å². The van der Waals surface area contributed by atoms with Crippen molar-refractivity contribution in [3.05, 3.63) is 53.6 Å². The molecule has 0 aliphatic rings. The van der Waals surface area contributed by atoms with Crippen LogP contribution in [0.25, 0.3) is 0 Å². The van der Waals surface area contributed by atoms with Gasteiger partial charge in [-0.25, -0.2) is 12.7 Å². The molecule has 0 heterocycles. The molecule has 0 radical (unpaired) electrons. The van der Waals surface area contributed by atoms with E-state index in [2.05, 4.69) is 18.3 Å². The maximum Gasteiger partial charge on any atom is 0.242 e. The molecule has 0 saturated carbocycles. The van der Waals surface area contributed by atoms with Crippen LogP contribution in [-0.2, 0) is 14.8 Å². The highest BCUT2D eigenvalue weighted by molar-refractivity contribution is 8.00. The number of rotatable bonds is 6. The molecule has 0 unspecified atom stereocenters. The summed E-state index contributed by atoms with van der Waals surface area (Å²) < 4.78 is 25.6. The fourth-order valence-electron chi connectivity index (χ4n) is 2.23. The van der Waals surface area contributed by atoms with Gasteiger partial charge < -0.3 is 5.32 Å². The van der Waals surface area contributed by atoms with E-state index in [4.69, 9.17) is 0 Å². The first-order chi connectivity index (χ1) is 12.1. The number of carbonyl (C=O) groups is 1. The lowest BCUT2D eigenvalue weighted by Crippen LogP contribution is -2.24. The van der Waals surface area contributed by atoms with Crippen molar-refractivity contribution >= 4 is 33.4 Å². The molecule has 0 bridgehead atoms. The number of thioether (sulfide) groups is 1. The molecule has 2 rings (SSSR count). The van der Waals surface area contributed by atoms with Gasteiger partial charge in [0.1, 0.15) is 0 Å². The first-order valence-corrected chi connectivity index (χ1v) is 10.5. The van der Waals surface area contributed by atoms with Gasteiger partial charge in [0.2, 0.25) is 15.9 Å². The molecule has 26 heavy (non-hydrogen) atoms. The first kappa shape index (κ1) is 20.5. The molecular weight excluding hydrogens is 368 g/mol. The maximum absolute atomic E-state index is 12.5. The lowest BCUT2D eigenvalue weighted by Gasteiger charge is -2.15. The number of hydrogen-bond acceptors (Lipinski definition) is 4. The number of amides is 1. The van der Waals surface area contributed by atoms with E-state index in [1.165, 1.54) is 49.1 Å². The Morgan fingerprint density at radius 1 is 1.08 bits per heavy atom. The smallest absolute Gasteiger partial charge is 0.242 e. The summed E-state index contributed by atoms with van der Waals surface area (Å²) in [6.45, 7) is 5.92. The van der Waals surface area contributed by atoms with Gasteiger partial charge in [0.05, 0.1) is 10.1 Å². The van der Waals surface area contributed by atoms with Crippen molar-refractivity contribution in [2.45, 2.75) is 35.8 Å². The van der Waals surface area contributed by atoms with Gasteiger partial charge in [-0.2, -0.15) is 0 Å². The monoisotopic (exact) mass is 392 g/mol. The molecule has 1 amide bonds. The van der Waals surface area contributed by atoms with Gasteiger partial charge in [-0.3, -0.25) is 4.79 Å². The predicted molar refractivity (Wildman–Crippen MR) is 107 cm³/mol. The standard InChI is InChI=1S/C19H24N2O3S2/c1-13-9-10-17(11-14(13)2)25-15(3)19(22)20-16-7-6-8-18(12-16)26(23,24)21(4)5/h6-12,15H,1-5H3,(H,20,22)/t15-/m1/s1. The number of nitrogens with zero attached hydrogens (tertiary/aromatic N) is 1. The summed E-state index contributed by atoms with van der Waals surface area (Å²) in [5, 5.41) is 2.48. The van der Waals surface area contributed by atoms with Crippen molar-refractivity contribution in [1.82, 2.24) is 4.31 Å². The lowest BCUT2D eigenvalue weighted by atomic mass is 10.1. The Hall–Kier alpha value is -1.83. The molecule has 0 saturated heterocycles. The van der Waals surface area contributed by atoms with E-state index in [1.54, 1.807) is 12.1 Å². The molecule has 0 aliphatic heterocycles. The minimum absolute atomic E-state index is 0.148. The molecule has 5 nitrogen and oxygen atoms in total. The van der Waals surface area contributed by atoms with E-state index in [0.717, 1.165) is 9.20 Å². The zero-order valence-corrected chi connectivity index (χ0v) is 17.2. The van der Waals surface area contributed by atoms with Crippen LogP contribution in [0.1, 0.15) is 18.1 Å². The largest absolute Gasteiger partial charge is 0.325 e. The summed E-state index contributed by atoms with van der Waals surface area (Å²) in [6.07, 6.45) is 0. The van der Waals surface area contributed by atoms with Crippen molar-refractivity contribution < 1.29 is 13.2 Å². The first-order valence-electron chi connectivity index (χ1n) is 8.18. The molecule has 0 aromatic heterocycles. The summed E-state index contributed by atoms with van der Waals surface area (Å²) in [7, 11) is -0.586. The summed E-state index contributed by atoms with van der Waals surface area (Å²) in [5.41, 5.74) is 2.86. The van der Waals surface area contributed by atoms with Crippen LogP contribution in [0, 0.1) is 13.8 Å². The second-order valence-corrected chi connectivity index (χ2v) is 9.88. The van der Waals surface area contributed by atoms with Crippen LogP contribution in [0.3, 0.4) is 0 Å². The average molecular weight is 393 g/mol.